The highest BCUT2D eigenvalue weighted by Crippen LogP contribution is 2.24. The molecule has 20 heavy (non-hydrogen) atoms. The summed E-state index contributed by atoms with van der Waals surface area (Å²) in [6.07, 6.45) is 0. The topological polar surface area (TPSA) is 50.8 Å². The molecule has 102 valence electrons. The van der Waals surface area contributed by atoms with E-state index in [4.69, 9.17) is 39.5 Å². The summed E-state index contributed by atoms with van der Waals surface area (Å²) in [5.41, 5.74) is 1.22. The third-order valence-electron chi connectivity index (χ3n) is 2.60. The smallest absolute Gasteiger partial charge is 0.179 e. The van der Waals surface area contributed by atoms with Crippen LogP contribution in [0.2, 0.25) is 15.2 Å². The summed E-state index contributed by atoms with van der Waals surface area (Å²) in [7, 11) is 0. The maximum absolute atomic E-state index is 5.90. The Labute approximate surface area is 129 Å². The van der Waals surface area contributed by atoms with Gasteiger partial charge in [-0.15, -0.1) is 0 Å². The van der Waals surface area contributed by atoms with Crippen LogP contribution in [0.4, 0.5) is 0 Å². The fourth-order valence-corrected chi connectivity index (χ4v) is 2.19. The Morgan fingerprint density at radius 3 is 2.75 bits per heavy atom. The van der Waals surface area contributed by atoms with Crippen LogP contribution in [0.3, 0.4) is 0 Å². The minimum atomic E-state index is 0.230. The van der Waals surface area contributed by atoms with Crippen molar-refractivity contribution in [2.45, 2.75) is 6.61 Å². The normalized spacial score (nSPS) is 10.9. The molecule has 1 aromatic carbocycles. The number of nitrogens with zero attached hydrogens (tertiary/aromatic N) is 2. The van der Waals surface area contributed by atoms with Crippen LogP contribution in [0.5, 0.6) is 5.75 Å². The van der Waals surface area contributed by atoms with Crippen molar-refractivity contribution in [1.82, 2.24) is 15.0 Å². The average molecular weight is 329 g/mol. The van der Waals surface area contributed by atoms with Crippen LogP contribution in [0.1, 0.15) is 5.82 Å². The van der Waals surface area contributed by atoms with Gasteiger partial charge >= 0.3 is 0 Å². The summed E-state index contributed by atoms with van der Waals surface area (Å²) in [5, 5.41) is 1.23. The molecule has 0 radical (unpaired) electrons. The van der Waals surface area contributed by atoms with Crippen LogP contribution in [-0.4, -0.2) is 15.0 Å². The number of aromatic amines is 1. The highest BCUT2D eigenvalue weighted by Gasteiger charge is 2.08. The molecule has 0 spiro atoms. The number of aromatic nitrogens is 3. The molecule has 1 N–H and O–H groups in total. The second kappa shape index (κ2) is 5.48. The van der Waals surface area contributed by atoms with Gasteiger partial charge in [-0.3, -0.25) is 0 Å². The molecule has 3 rings (SSSR count). The zero-order valence-electron chi connectivity index (χ0n) is 10.0. The van der Waals surface area contributed by atoms with Gasteiger partial charge in [-0.2, -0.15) is 0 Å². The van der Waals surface area contributed by atoms with E-state index in [9.17, 15) is 0 Å². The van der Waals surface area contributed by atoms with Crippen molar-refractivity contribution >= 4 is 46.0 Å². The molecule has 0 fully saturated rings. The highest BCUT2D eigenvalue weighted by molar-refractivity contribution is 6.41. The van der Waals surface area contributed by atoms with E-state index in [1.165, 1.54) is 0 Å². The van der Waals surface area contributed by atoms with E-state index in [0.717, 1.165) is 0 Å². The van der Waals surface area contributed by atoms with Crippen molar-refractivity contribution in [3.8, 4) is 5.75 Å². The standard InChI is InChI=1S/C13H8Cl3N3O/c14-7-2-1-3-8(4-7)20-6-11-17-10-5-9(15)12(16)19-13(10)18-11/h1-5H,6H2,(H,17,18,19). The molecule has 0 saturated carbocycles. The first-order valence-corrected chi connectivity index (χ1v) is 6.84. The second-order valence-corrected chi connectivity index (χ2v) is 5.26. The summed E-state index contributed by atoms with van der Waals surface area (Å²) in [6, 6.07) is 8.83. The molecule has 0 amide bonds. The highest BCUT2D eigenvalue weighted by atomic mass is 35.5. The summed E-state index contributed by atoms with van der Waals surface area (Å²) in [6.45, 7) is 0.270. The van der Waals surface area contributed by atoms with Crippen LogP contribution in [-0.2, 0) is 6.61 Å². The Morgan fingerprint density at radius 1 is 1.10 bits per heavy atom. The molecule has 0 aliphatic carbocycles. The molecule has 2 heterocycles. The minimum Gasteiger partial charge on any atom is -0.486 e. The summed E-state index contributed by atoms with van der Waals surface area (Å²) < 4.78 is 5.59. The van der Waals surface area contributed by atoms with Gasteiger partial charge in [0.05, 0.1) is 10.5 Å². The lowest BCUT2D eigenvalue weighted by atomic mass is 10.3. The summed E-state index contributed by atoms with van der Waals surface area (Å²) >= 11 is 17.6. The number of hydrogen-bond donors (Lipinski definition) is 1. The van der Waals surface area contributed by atoms with Crippen molar-refractivity contribution < 1.29 is 4.74 Å². The molecule has 4 nitrogen and oxygen atoms in total. The van der Waals surface area contributed by atoms with Gasteiger partial charge in [-0.05, 0) is 24.3 Å². The molecule has 0 aliphatic rings. The van der Waals surface area contributed by atoms with E-state index in [1.54, 1.807) is 18.2 Å². The number of fused-ring (bicyclic) bond motifs is 1. The van der Waals surface area contributed by atoms with E-state index in [-0.39, 0.29) is 11.8 Å². The largest absolute Gasteiger partial charge is 0.486 e. The van der Waals surface area contributed by atoms with Gasteiger partial charge in [-0.1, -0.05) is 40.9 Å². The maximum atomic E-state index is 5.90. The first-order chi connectivity index (χ1) is 9.61. The monoisotopic (exact) mass is 327 g/mol. The lowest BCUT2D eigenvalue weighted by Gasteiger charge is -2.03. The van der Waals surface area contributed by atoms with E-state index >= 15 is 0 Å². The molecular formula is C13H8Cl3N3O. The second-order valence-electron chi connectivity index (χ2n) is 4.06. The zero-order valence-corrected chi connectivity index (χ0v) is 12.3. The molecule has 0 bridgehead atoms. The molecule has 2 aromatic heterocycles. The number of pyridine rings is 1. The number of benzene rings is 1. The van der Waals surface area contributed by atoms with Crippen LogP contribution in [0.25, 0.3) is 11.2 Å². The summed E-state index contributed by atoms with van der Waals surface area (Å²) in [5.74, 6) is 1.30. The molecule has 0 aliphatic heterocycles. The number of hydrogen-bond acceptors (Lipinski definition) is 3. The lowest BCUT2D eigenvalue weighted by Crippen LogP contribution is -1.97. The Kier molecular flexibility index (Phi) is 3.70. The Bertz CT molecular complexity index is 734. The molecule has 0 saturated heterocycles. The van der Waals surface area contributed by atoms with Gasteiger partial charge in [0, 0.05) is 5.02 Å². The number of rotatable bonds is 3. The average Bonchev–Trinajstić information content (AvgIpc) is 2.79. The van der Waals surface area contributed by atoms with Gasteiger partial charge in [0.2, 0.25) is 0 Å². The maximum Gasteiger partial charge on any atom is 0.179 e. The fourth-order valence-electron chi connectivity index (χ4n) is 1.72. The Hall–Kier alpha value is -1.49. The van der Waals surface area contributed by atoms with E-state index in [1.807, 2.05) is 12.1 Å². The van der Waals surface area contributed by atoms with Crippen molar-refractivity contribution in [3.05, 3.63) is 51.4 Å². The number of imidazole rings is 1. The van der Waals surface area contributed by atoms with Crippen molar-refractivity contribution in [1.29, 1.82) is 0 Å². The van der Waals surface area contributed by atoms with Crippen molar-refractivity contribution in [2.75, 3.05) is 0 Å². The van der Waals surface area contributed by atoms with Crippen LogP contribution in [0, 0.1) is 0 Å². The third-order valence-corrected chi connectivity index (χ3v) is 3.51. The van der Waals surface area contributed by atoms with Crippen LogP contribution >= 0.6 is 34.8 Å². The van der Waals surface area contributed by atoms with Gasteiger partial charge in [0.1, 0.15) is 23.3 Å². The number of H-pyrrole nitrogens is 1. The predicted molar refractivity (Wildman–Crippen MR) is 79.7 cm³/mol. The van der Waals surface area contributed by atoms with E-state index < -0.39 is 0 Å². The molecule has 0 unspecified atom stereocenters. The molecule has 0 atom stereocenters. The van der Waals surface area contributed by atoms with E-state index in [0.29, 0.717) is 32.8 Å². The number of ether oxygens (including phenoxy) is 1. The summed E-state index contributed by atoms with van der Waals surface area (Å²) in [4.78, 5) is 11.4. The van der Waals surface area contributed by atoms with Gasteiger partial charge < -0.3 is 9.72 Å². The first kappa shape index (κ1) is 13.5. The molecular weight excluding hydrogens is 321 g/mol. The SMILES string of the molecule is Clc1cccc(OCc2nc3nc(Cl)c(Cl)cc3[nH]2)c1. The van der Waals surface area contributed by atoms with Crippen LogP contribution in [0.15, 0.2) is 30.3 Å². The Balaban J connectivity index is 1.81. The molecule has 3 aromatic rings. The van der Waals surface area contributed by atoms with Gasteiger partial charge in [0.15, 0.2) is 5.65 Å². The fraction of sp³-hybridized carbons (Fsp3) is 0.0769. The van der Waals surface area contributed by atoms with Crippen molar-refractivity contribution in [3.63, 3.8) is 0 Å². The van der Waals surface area contributed by atoms with Gasteiger partial charge in [-0.25, -0.2) is 9.97 Å². The minimum absolute atomic E-state index is 0.230. The number of nitrogens with one attached hydrogen (secondary N) is 1. The van der Waals surface area contributed by atoms with Gasteiger partial charge in [0.25, 0.3) is 0 Å². The predicted octanol–water partition coefficient (Wildman–Crippen LogP) is 4.50. The zero-order chi connectivity index (χ0) is 14.1. The third kappa shape index (κ3) is 2.82. The molecule has 7 heteroatoms. The van der Waals surface area contributed by atoms with Crippen molar-refractivity contribution in [2.24, 2.45) is 0 Å². The quantitative estimate of drug-likeness (QED) is 0.720. The van der Waals surface area contributed by atoms with Crippen LogP contribution < -0.4 is 4.74 Å². The number of halogens is 3. The Morgan fingerprint density at radius 2 is 1.95 bits per heavy atom. The lowest BCUT2D eigenvalue weighted by molar-refractivity contribution is 0.297. The first-order valence-electron chi connectivity index (χ1n) is 5.71. The van der Waals surface area contributed by atoms with E-state index in [2.05, 4.69) is 15.0 Å².